The van der Waals surface area contributed by atoms with Gasteiger partial charge >= 0.3 is 0 Å². The highest BCUT2D eigenvalue weighted by atomic mass is 19.1. The van der Waals surface area contributed by atoms with Crippen molar-refractivity contribution in [2.45, 2.75) is 31.3 Å². The Kier molecular flexibility index (Phi) is 3.81. The zero-order chi connectivity index (χ0) is 13.1. The van der Waals surface area contributed by atoms with Crippen LogP contribution in [0.25, 0.3) is 0 Å². The minimum absolute atomic E-state index is 0.0748. The molecule has 0 spiro atoms. The van der Waals surface area contributed by atoms with Gasteiger partial charge in [-0.2, -0.15) is 0 Å². The summed E-state index contributed by atoms with van der Waals surface area (Å²) in [7, 11) is 1.37. The van der Waals surface area contributed by atoms with Gasteiger partial charge in [-0.05, 0) is 37.5 Å². The molecule has 98 valence electrons. The Labute approximate surface area is 105 Å². The number of rotatable bonds is 3. The van der Waals surface area contributed by atoms with Crippen LogP contribution in [-0.2, 0) is 0 Å². The molecule has 18 heavy (non-hydrogen) atoms. The van der Waals surface area contributed by atoms with E-state index in [-0.39, 0.29) is 23.7 Å². The molecule has 0 bridgehead atoms. The van der Waals surface area contributed by atoms with Gasteiger partial charge in [0.2, 0.25) is 0 Å². The monoisotopic (exact) mass is 252 g/mol. The van der Waals surface area contributed by atoms with Crippen molar-refractivity contribution in [1.29, 1.82) is 0 Å². The minimum Gasteiger partial charge on any atom is -0.494 e. The van der Waals surface area contributed by atoms with E-state index in [4.69, 9.17) is 10.5 Å². The second-order valence-electron chi connectivity index (χ2n) is 4.59. The molecular weight excluding hydrogens is 235 g/mol. The van der Waals surface area contributed by atoms with E-state index in [9.17, 15) is 9.18 Å². The first-order valence-electron chi connectivity index (χ1n) is 6.00. The highest BCUT2D eigenvalue weighted by molar-refractivity contribution is 5.94. The number of halogens is 1. The molecule has 2 rings (SSSR count). The molecule has 1 saturated carbocycles. The lowest BCUT2D eigenvalue weighted by atomic mass is 10.1. The molecule has 2 atom stereocenters. The molecular formula is C13H17FN2O2. The van der Waals surface area contributed by atoms with Crippen LogP contribution in [-0.4, -0.2) is 25.1 Å². The van der Waals surface area contributed by atoms with Crippen molar-refractivity contribution >= 4 is 5.91 Å². The van der Waals surface area contributed by atoms with Crippen LogP contribution in [0, 0.1) is 5.82 Å². The molecule has 1 aliphatic carbocycles. The number of benzene rings is 1. The van der Waals surface area contributed by atoms with Gasteiger partial charge < -0.3 is 15.8 Å². The quantitative estimate of drug-likeness (QED) is 0.855. The van der Waals surface area contributed by atoms with Gasteiger partial charge in [-0.3, -0.25) is 4.79 Å². The molecule has 0 unspecified atom stereocenters. The molecule has 4 nitrogen and oxygen atoms in total. The number of hydrogen-bond donors (Lipinski definition) is 2. The summed E-state index contributed by atoms with van der Waals surface area (Å²) >= 11 is 0. The van der Waals surface area contributed by atoms with Crippen LogP contribution >= 0.6 is 0 Å². The second kappa shape index (κ2) is 5.35. The summed E-state index contributed by atoms with van der Waals surface area (Å²) in [6.07, 6.45) is 2.62. The Morgan fingerprint density at radius 3 is 2.89 bits per heavy atom. The Balaban J connectivity index is 2.04. The molecule has 0 heterocycles. The van der Waals surface area contributed by atoms with Crippen molar-refractivity contribution < 1.29 is 13.9 Å². The predicted octanol–water partition coefficient (Wildman–Crippen LogP) is 1.44. The summed E-state index contributed by atoms with van der Waals surface area (Å²) in [6, 6.07) is 4.36. The Morgan fingerprint density at radius 1 is 1.50 bits per heavy atom. The molecule has 5 heteroatoms. The van der Waals surface area contributed by atoms with Crippen LogP contribution in [0.5, 0.6) is 5.75 Å². The fourth-order valence-electron chi connectivity index (χ4n) is 2.22. The standard InChI is InChI=1S/C13H17FN2O2/c1-18-12-6-8(2-5-11(12)14)13(17)16-10-4-3-9(15)7-10/h2,5-6,9-10H,3-4,7,15H2,1H3,(H,16,17)/t9-,10-/m1/s1. The molecule has 1 aromatic carbocycles. The van der Waals surface area contributed by atoms with E-state index in [1.807, 2.05) is 0 Å². The van der Waals surface area contributed by atoms with Crippen molar-refractivity contribution in [2.24, 2.45) is 5.73 Å². The maximum Gasteiger partial charge on any atom is 0.251 e. The maximum absolute atomic E-state index is 13.2. The van der Waals surface area contributed by atoms with E-state index in [2.05, 4.69) is 5.32 Å². The number of carbonyl (C=O) groups is 1. The van der Waals surface area contributed by atoms with Crippen LogP contribution < -0.4 is 15.8 Å². The molecule has 1 aromatic rings. The van der Waals surface area contributed by atoms with Crippen LogP contribution in [0.1, 0.15) is 29.6 Å². The fourth-order valence-corrected chi connectivity index (χ4v) is 2.22. The first-order valence-corrected chi connectivity index (χ1v) is 6.00. The maximum atomic E-state index is 13.2. The lowest BCUT2D eigenvalue weighted by Crippen LogP contribution is -2.34. The van der Waals surface area contributed by atoms with Gasteiger partial charge in [0.25, 0.3) is 5.91 Å². The fraction of sp³-hybridized carbons (Fsp3) is 0.462. The van der Waals surface area contributed by atoms with Crippen LogP contribution in [0.15, 0.2) is 18.2 Å². The van der Waals surface area contributed by atoms with E-state index in [1.165, 1.54) is 25.3 Å². The number of nitrogens with two attached hydrogens (primary N) is 1. The number of carbonyl (C=O) groups excluding carboxylic acids is 1. The van der Waals surface area contributed by atoms with Crippen molar-refractivity contribution in [3.05, 3.63) is 29.6 Å². The van der Waals surface area contributed by atoms with Crippen LogP contribution in [0.4, 0.5) is 4.39 Å². The molecule has 1 fully saturated rings. The minimum atomic E-state index is -0.475. The van der Waals surface area contributed by atoms with Gasteiger partial charge in [0.05, 0.1) is 7.11 Å². The first-order chi connectivity index (χ1) is 8.60. The third kappa shape index (κ3) is 2.79. The number of ether oxygens (including phenoxy) is 1. The number of nitrogens with one attached hydrogen (secondary N) is 1. The average molecular weight is 252 g/mol. The molecule has 3 N–H and O–H groups in total. The molecule has 1 amide bonds. The van der Waals surface area contributed by atoms with Crippen molar-refractivity contribution in [1.82, 2.24) is 5.32 Å². The average Bonchev–Trinajstić information content (AvgIpc) is 2.75. The lowest BCUT2D eigenvalue weighted by Gasteiger charge is -2.13. The van der Waals surface area contributed by atoms with Gasteiger partial charge in [-0.15, -0.1) is 0 Å². The topological polar surface area (TPSA) is 64.3 Å². The second-order valence-corrected chi connectivity index (χ2v) is 4.59. The summed E-state index contributed by atoms with van der Waals surface area (Å²) in [5.74, 6) is -0.616. The van der Waals surface area contributed by atoms with Crippen LogP contribution in [0.2, 0.25) is 0 Å². The molecule has 0 aliphatic heterocycles. The Morgan fingerprint density at radius 2 is 2.28 bits per heavy atom. The van der Waals surface area contributed by atoms with E-state index in [1.54, 1.807) is 0 Å². The van der Waals surface area contributed by atoms with Crippen molar-refractivity contribution in [2.75, 3.05) is 7.11 Å². The highest BCUT2D eigenvalue weighted by Gasteiger charge is 2.23. The van der Waals surface area contributed by atoms with E-state index in [0.29, 0.717) is 5.56 Å². The van der Waals surface area contributed by atoms with E-state index >= 15 is 0 Å². The van der Waals surface area contributed by atoms with Crippen LogP contribution in [0.3, 0.4) is 0 Å². The van der Waals surface area contributed by atoms with Gasteiger partial charge in [0.15, 0.2) is 11.6 Å². The summed E-state index contributed by atoms with van der Waals surface area (Å²) < 4.78 is 18.1. The summed E-state index contributed by atoms with van der Waals surface area (Å²) in [5.41, 5.74) is 6.18. The number of hydrogen-bond acceptors (Lipinski definition) is 3. The molecule has 0 aromatic heterocycles. The summed E-state index contributed by atoms with van der Waals surface area (Å²) in [4.78, 5) is 12.0. The Bertz CT molecular complexity index is 451. The number of methoxy groups -OCH3 is 1. The highest BCUT2D eigenvalue weighted by Crippen LogP contribution is 2.20. The third-order valence-corrected chi connectivity index (χ3v) is 3.22. The molecule has 0 radical (unpaired) electrons. The molecule has 1 aliphatic rings. The number of amides is 1. The van der Waals surface area contributed by atoms with Crippen molar-refractivity contribution in [3.63, 3.8) is 0 Å². The van der Waals surface area contributed by atoms with Gasteiger partial charge in [-0.1, -0.05) is 0 Å². The zero-order valence-electron chi connectivity index (χ0n) is 10.3. The lowest BCUT2D eigenvalue weighted by molar-refractivity contribution is 0.0937. The SMILES string of the molecule is COc1cc(C(=O)N[C@@H]2CC[C@@H](N)C2)ccc1F. The first kappa shape index (κ1) is 12.8. The van der Waals surface area contributed by atoms with Gasteiger partial charge in [-0.25, -0.2) is 4.39 Å². The zero-order valence-corrected chi connectivity index (χ0v) is 10.3. The van der Waals surface area contributed by atoms with E-state index in [0.717, 1.165) is 19.3 Å². The largest absolute Gasteiger partial charge is 0.494 e. The third-order valence-electron chi connectivity index (χ3n) is 3.22. The Hall–Kier alpha value is -1.62. The summed E-state index contributed by atoms with van der Waals surface area (Å²) in [6.45, 7) is 0. The van der Waals surface area contributed by atoms with Crippen molar-refractivity contribution in [3.8, 4) is 5.75 Å². The summed E-state index contributed by atoms with van der Waals surface area (Å²) in [5, 5.41) is 2.90. The van der Waals surface area contributed by atoms with Gasteiger partial charge in [0, 0.05) is 17.6 Å². The van der Waals surface area contributed by atoms with E-state index < -0.39 is 5.82 Å². The molecule has 0 saturated heterocycles. The smallest absolute Gasteiger partial charge is 0.251 e. The predicted molar refractivity (Wildman–Crippen MR) is 66.0 cm³/mol. The normalized spacial score (nSPS) is 22.8. The van der Waals surface area contributed by atoms with Gasteiger partial charge in [0.1, 0.15) is 0 Å².